The third-order valence-corrected chi connectivity index (χ3v) is 5.64. The summed E-state index contributed by atoms with van der Waals surface area (Å²) in [5.41, 5.74) is 1.40. The number of fused-ring (bicyclic) bond motifs is 1. The van der Waals surface area contributed by atoms with Crippen LogP contribution in [0.25, 0.3) is 0 Å². The van der Waals surface area contributed by atoms with Crippen LogP contribution in [0.2, 0.25) is 0 Å². The molecule has 2 fully saturated rings. The van der Waals surface area contributed by atoms with Crippen LogP contribution in [0.15, 0.2) is 30.3 Å². The SMILES string of the molecule is [CH2-]C(CCc1ccccc1)CCC1C(C)CC2OC(=O)CC21. The van der Waals surface area contributed by atoms with Crippen LogP contribution >= 0.6 is 0 Å². The second kappa shape index (κ2) is 6.85. The summed E-state index contributed by atoms with van der Waals surface area (Å²) in [5, 5.41) is 0. The van der Waals surface area contributed by atoms with Crippen molar-refractivity contribution >= 4 is 5.97 Å². The van der Waals surface area contributed by atoms with Gasteiger partial charge in [0.1, 0.15) is 6.10 Å². The van der Waals surface area contributed by atoms with Crippen LogP contribution < -0.4 is 0 Å². The average Bonchev–Trinajstić information content (AvgIpc) is 2.99. The molecule has 1 aliphatic carbocycles. The zero-order valence-corrected chi connectivity index (χ0v) is 13.5. The fourth-order valence-corrected chi connectivity index (χ4v) is 4.33. The molecule has 3 rings (SSSR count). The number of rotatable bonds is 6. The lowest BCUT2D eigenvalue weighted by Crippen LogP contribution is -2.16. The van der Waals surface area contributed by atoms with Gasteiger partial charge in [0.05, 0.1) is 6.42 Å². The van der Waals surface area contributed by atoms with Gasteiger partial charge >= 0.3 is 5.97 Å². The molecule has 0 aromatic heterocycles. The summed E-state index contributed by atoms with van der Waals surface area (Å²) in [6.07, 6.45) is 6.54. The van der Waals surface area contributed by atoms with E-state index >= 15 is 0 Å². The smallest absolute Gasteiger partial charge is 0.306 e. The van der Waals surface area contributed by atoms with Crippen molar-refractivity contribution in [2.45, 2.75) is 51.6 Å². The Bertz CT molecular complexity index is 496. The second-order valence-corrected chi connectivity index (χ2v) is 7.24. The first-order valence-electron chi connectivity index (χ1n) is 8.70. The van der Waals surface area contributed by atoms with Crippen molar-refractivity contribution in [3.05, 3.63) is 42.8 Å². The number of ether oxygens (including phenoxy) is 1. The standard InChI is InChI=1S/C20H27O2/c1-14(8-10-16-6-4-3-5-7-16)9-11-17-15(2)12-19-18(17)13-20(21)22-19/h3-7,14-15,17-19H,1,8-13H2,2H3/q-1. The lowest BCUT2D eigenvalue weighted by molar-refractivity contribution is -0.141. The van der Waals surface area contributed by atoms with Crippen molar-refractivity contribution in [1.29, 1.82) is 0 Å². The third kappa shape index (κ3) is 3.53. The van der Waals surface area contributed by atoms with Gasteiger partial charge in [-0.15, -0.1) is 0 Å². The molecule has 0 bridgehead atoms. The van der Waals surface area contributed by atoms with Crippen molar-refractivity contribution in [2.24, 2.45) is 23.7 Å². The molecular formula is C20H27O2-. The number of esters is 1. The van der Waals surface area contributed by atoms with E-state index in [0.29, 0.717) is 30.1 Å². The largest absolute Gasteiger partial charge is 0.462 e. The quantitative estimate of drug-likeness (QED) is 0.573. The van der Waals surface area contributed by atoms with Crippen molar-refractivity contribution in [3.63, 3.8) is 0 Å². The highest BCUT2D eigenvalue weighted by Crippen LogP contribution is 2.47. The van der Waals surface area contributed by atoms with Crippen LogP contribution in [0, 0.1) is 30.6 Å². The van der Waals surface area contributed by atoms with E-state index in [1.165, 1.54) is 18.4 Å². The predicted molar refractivity (Wildman–Crippen MR) is 88.1 cm³/mol. The fraction of sp³-hybridized carbons (Fsp3) is 0.600. The monoisotopic (exact) mass is 299 g/mol. The first kappa shape index (κ1) is 15.6. The van der Waals surface area contributed by atoms with Gasteiger partial charge in [-0.2, -0.15) is 5.92 Å². The van der Waals surface area contributed by atoms with Gasteiger partial charge in [0.2, 0.25) is 0 Å². The number of aryl methyl sites for hydroxylation is 1. The molecule has 0 amide bonds. The molecule has 0 radical (unpaired) electrons. The molecule has 0 spiro atoms. The van der Waals surface area contributed by atoms with E-state index in [1.807, 2.05) is 0 Å². The topological polar surface area (TPSA) is 26.3 Å². The van der Waals surface area contributed by atoms with E-state index in [2.05, 4.69) is 44.2 Å². The van der Waals surface area contributed by atoms with Crippen LogP contribution in [-0.4, -0.2) is 12.1 Å². The van der Waals surface area contributed by atoms with Gasteiger partial charge in [-0.3, -0.25) is 4.79 Å². The zero-order valence-electron chi connectivity index (χ0n) is 13.5. The van der Waals surface area contributed by atoms with Crippen LogP contribution in [0.3, 0.4) is 0 Å². The van der Waals surface area contributed by atoms with Gasteiger partial charge in [-0.25, -0.2) is 0 Å². The minimum Gasteiger partial charge on any atom is -0.462 e. The third-order valence-electron chi connectivity index (χ3n) is 5.64. The fourth-order valence-electron chi connectivity index (χ4n) is 4.33. The molecule has 0 N–H and O–H groups in total. The van der Waals surface area contributed by atoms with Gasteiger partial charge in [-0.1, -0.05) is 56.5 Å². The molecule has 1 aliphatic heterocycles. The molecule has 1 aromatic rings. The van der Waals surface area contributed by atoms with Crippen LogP contribution in [-0.2, 0) is 16.0 Å². The molecule has 5 unspecified atom stereocenters. The molecule has 2 aliphatic rings. The van der Waals surface area contributed by atoms with Crippen molar-refractivity contribution in [3.8, 4) is 0 Å². The molecule has 120 valence electrons. The summed E-state index contributed by atoms with van der Waals surface area (Å²) in [5.74, 6) is 2.33. The second-order valence-electron chi connectivity index (χ2n) is 7.24. The lowest BCUT2D eigenvalue weighted by atomic mass is 9.82. The minimum absolute atomic E-state index is 0.0159. The first-order valence-corrected chi connectivity index (χ1v) is 8.70. The van der Waals surface area contributed by atoms with E-state index in [9.17, 15) is 4.79 Å². The van der Waals surface area contributed by atoms with Crippen LogP contribution in [0.5, 0.6) is 0 Å². The van der Waals surface area contributed by atoms with Gasteiger partial charge < -0.3 is 11.7 Å². The van der Waals surface area contributed by atoms with Gasteiger partial charge in [0.15, 0.2) is 0 Å². The number of hydrogen-bond donors (Lipinski definition) is 0. The number of hydrogen-bond acceptors (Lipinski definition) is 2. The van der Waals surface area contributed by atoms with E-state index in [-0.39, 0.29) is 12.1 Å². The van der Waals surface area contributed by atoms with E-state index in [4.69, 9.17) is 4.74 Å². The highest BCUT2D eigenvalue weighted by Gasteiger charge is 2.47. The van der Waals surface area contributed by atoms with Gasteiger partial charge in [0.25, 0.3) is 0 Å². The average molecular weight is 299 g/mol. The Kier molecular flexibility index (Phi) is 4.85. The van der Waals surface area contributed by atoms with E-state index in [0.717, 1.165) is 19.3 Å². The number of carbonyl (C=O) groups excluding carboxylic acids is 1. The summed E-state index contributed by atoms with van der Waals surface area (Å²) < 4.78 is 5.44. The normalized spacial score (nSPS) is 31.8. The van der Waals surface area contributed by atoms with Gasteiger partial charge in [-0.05, 0) is 30.2 Å². The Morgan fingerprint density at radius 2 is 2.05 bits per heavy atom. The molecule has 22 heavy (non-hydrogen) atoms. The van der Waals surface area contributed by atoms with E-state index < -0.39 is 0 Å². The van der Waals surface area contributed by atoms with E-state index in [1.54, 1.807) is 0 Å². The maximum absolute atomic E-state index is 11.5. The highest BCUT2D eigenvalue weighted by atomic mass is 16.6. The number of carbonyl (C=O) groups is 1. The summed E-state index contributed by atoms with van der Waals surface area (Å²) in [4.78, 5) is 11.5. The number of benzene rings is 1. The molecule has 1 aromatic carbocycles. The molecule has 1 saturated carbocycles. The summed E-state index contributed by atoms with van der Waals surface area (Å²) >= 11 is 0. The lowest BCUT2D eigenvalue weighted by Gasteiger charge is -2.24. The molecule has 2 heteroatoms. The zero-order chi connectivity index (χ0) is 15.5. The maximum atomic E-state index is 11.5. The Hall–Kier alpha value is -1.31. The molecular weight excluding hydrogens is 272 g/mol. The molecule has 1 saturated heterocycles. The predicted octanol–water partition coefficient (Wildman–Crippen LogP) is 4.44. The maximum Gasteiger partial charge on any atom is 0.306 e. The minimum atomic E-state index is 0.0159. The molecule has 1 heterocycles. The summed E-state index contributed by atoms with van der Waals surface area (Å²) in [6.45, 7) is 6.66. The van der Waals surface area contributed by atoms with Crippen molar-refractivity contribution in [2.75, 3.05) is 0 Å². The van der Waals surface area contributed by atoms with Crippen LogP contribution in [0.1, 0.15) is 44.6 Å². The highest BCUT2D eigenvalue weighted by molar-refractivity contribution is 5.72. The molecule has 2 nitrogen and oxygen atoms in total. The Labute approximate surface area is 134 Å². The van der Waals surface area contributed by atoms with Gasteiger partial charge in [0, 0.05) is 5.92 Å². The summed E-state index contributed by atoms with van der Waals surface area (Å²) in [6, 6.07) is 10.7. The molecule has 5 atom stereocenters. The Morgan fingerprint density at radius 1 is 1.27 bits per heavy atom. The Morgan fingerprint density at radius 3 is 2.82 bits per heavy atom. The van der Waals surface area contributed by atoms with Crippen molar-refractivity contribution < 1.29 is 9.53 Å². The van der Waals surface area contributed by atoms with Crippen LogP contribution in [0.4, 0.5) is 0 Å². The first-order chi connectivity index (χ1) is 10.6. The van der Waals surface area contributed by atoms with Crippen molar-refractivity contribution in [1.82, 2.24) is 0 Å². The Balaban J connectivity index is 1.44. The summed E-state index contributed by atoms with van der Waals surface area (Å²) in [7, 11) is 0.